The maximum Gasteiger partial charge on any atom is 0.573 e. The molecule has 0 radical (unpaired) electrons. The Bertz CT molecular complexity index is 716. The molecule has 0 aliphatic carbocycles. The average molecular weight is 472 g/mol. The van der Waals surface area contributed by atoms with Gasteiger partial charge < -0.3 is 9.72 Å². The lowest BCUT2D eigenvalue weighted by molar-refractivity contribution is -0.274. The number of hydrogen-bond acceptors (Lipinski definition) is 2. The van der Waals surface area contributed by atoms with Gasteiger partial charge in [0.05, 0.1) is 5.56 Å². The van der Waals surface area contributed by atoms with E-state index in [2.05, 4.69) is 41.6 Å². The lowest BCUT2D eigenvalue weighted by Gasteiger charge is -2.11. The fraction of sp³-hybridized carbons (Fsp3) is 0.182. The van der Waals surface area contributed by atoms with Gasteiger partial charge in [0, 0.05) is 10.5 Å². The molecule has 0 aliphatic heterocycles. The second kappa shape index (κ2) is 5.96. The minimum atomic E-state index is -5.04. The summed E-state index contributed by atoms with van der Waals surface area (Å²) in [7, 11) is 0. The molecule has 0 atom stereocenters. The lowest BCUT2D eigenvalue weighted by atomic mass is 10.2. The van der Waals surface area contributed by atoms with Gasteiger partial charge in [-0.25, -0.2) is 9.37 Å². The summed E-state index contributed by atoms with van der Waals surface area (Å²) in [4.78, 5) is 5.35. The fourth-order valence-corrected chi connectivity index (χ4v) is 2.73. The quantitative estimate of drug-likeness (QED) is 0.574. The maximum atomic E-state index is 14.0. The van der Waals surface area contributed by atoms with E-state index < -0.39 is 45.8 Å². The highest BCUT2D eigenvalue weighted by atomic mass is 79.9. The van der Waals surface area contributed by atoms with Gasteiger partial charge in [0.1, 0.15) is 22.0 Å². The second-order valence-electron chi connectivity index (χ2n) is 4.06. The van der Waals surface area contributed by atoms with Crippen molar-refractivity contribution < 1.29 is 35.5 Å². The van der Waals surface area contributed by atoms with Crippen LogP contribution in [0.15, 0.2) is 21.2 Å². The summed E-state index contributed by atoms with van der Waals surface area (Å²) in [6.07, 6.45) is -9.81. The summed E-state index contributed by atoms with van der Waals surface area (Å²) in [5.41, 5.74) is -1.73. The first-order valence-electron chi connectivity index (χ1n) is 5.46. The molecule has 0 fully saturated rings. The summed E-state index contributed by atoms with van der Waals surface area (Å²) in [6, 6.07) is 1.15. The van der Waals surface area contributed by atoms with Crippen molar-refractivity contribution >= 4 is 31.9 Å². The first kappa shape index (κ1) is 18.0. The Kier molecular flexibility index (Phi) is 4.68. The van der Waals surface area contributed by atoms with E-state index in [4.69, 9.17) is 0 Å². The molecule has 3 nitrogen and oxygen atoms in total. The fourth-order valence-electron chi connectivity index (χ4n) is 1.63. The van der Waals surface area contributed by atoms with Crippen LogP contribution < -0.4 is 4.74 Å². The Morgan fingerprint density at radius 2 is 1.65 bits per heavy atom. The molecule has 2 rings (SSSR count). The zero-order chi connectivity index (χ0) is 17.6. The Morgan fingerprint density at radius 1 is 1.04 bits per heavy atom. The number of aromatic amines is 1. The molecule has 0 amide bonds. The molecule has 1 aromatic carbocycles. The van der Waals surface area contributed by atoms with Crippen molar-refractivity contribution in [3.63, 3.8) is 0 Å². The third kappa shape index (κ3) is 4.16. The summed E-state index contributed by atoms with van der Waals surface area (Å²) >= 11 is 5.36. The van der Waals surface area contributed by atoms with Gasteiger partial charge in [-0.2, -0.15) is 13.2 Å². The minimum Gasteiger partial charge on any atom is -0.406 e. The number of rotatable bonds is 2. The second-order valence-corrected chi connectivity index (χ2v) is 5.66. The highest BCUT2D eigenvalue weighted by Gasteiger charge is 2.37. The molecule has 126 valence electrons. The number of nitrogens with one attached hydrogen (secondary N) is 1. The molecule has 0 bridgehead atoms. The van der Waals surface area contributed by atoms with Crippen molar-refractivity contribution in [3.8, 4) is 17.1 Å². The van der Waals surface area contributed by atoms with Gasteiger partial charge in [0.15, 0.2) is 5.69 Å². The van der Waals surface area contributed by atoms with Crippen LogP contribution in [0.3, 0.4) is 0 Å². The van der Waals surface area contributed by atoms with E-state index in [1.165, 1.54) is 0 Å². The van der Waals surface area contributed by atoms with Crippen LogP contribution >= 0.6 is 31.9 Å². The van der Waals surface area contributed by atoms with Gasteiger partial charge in [0.2, 0.25) is 0 Å². The zero-order valence-corrected chi connectivity index (χ0v) is 13.6. The van der Waals surface area contributed by atoms with Gasteiger partial charge in [-0.3, -0.25) is 0 Å². The molecule has 1 aromatic heterocycles. The van der Waals surface area contributed by atoms with Crippen LogP contribution in [0.4, 0.5) is 30.7 Å². The number of benzene rings is 1. The minimum absolute atomic E-state index is 0.272. The molecule has 0 aliphatic rings. The van der Waals surface area contributed by atoms with Crippen LogP contribution in [0.5, 0.6) is 5.75 Å². The van der Waals surface area contributed by atoms with Crippen LogP contribution in [-0.4, -0.2) is 16.3 Å². The number of aromatic nitrogens is 2. The van der Waals surface area contributed by atoms with Crippen LogP contribution in [0.2, 0.25) is 0 Å². The molecule has 1 N–H and O–H groups in total. The van der Waals surface area contributed by atoms with Crippen molar-refractivity contribution in [3.05, 3.63) is 32.7 Å². The Labute approximate surface area is 140 Å². The molecular formula is C11H3Br2F7N2O. The monoisotopic (exact) mass is 470 g/mol. The summed E-state index contributed by atoms with van der Waals surface area (Å²) < 4.78 is 91.0. The van der Waals surface area contributed by atoms with E-state index in [0.717, 1.165) is 6.07 Å². The van der Waals surface area contributed by atoms with Gasteiger partial charge in [-0.05, 0) is 37.9 Å². The number of imidazole rings is 1. The van der Waals surface area contributed by atoms with Crippen molar-refractivity contribution in [2.75, 3.05) is 0 Å². The molecular weight excluding hydrogens is 469 g/mol. The molecule has 12 heteroatoms. The van der Waals surface area contributed by atoms with E-state index in [9.17, 15) is 30.7 Å². The normalized spacial score (nSPS) is 12.6. The molecule has 1 heterocycles. The van der Waals surface area contributed by atoms with Gasteiger partial charge in [0.25, 0.3) is 0 Å². The molecule has 0 saturated carbocycles. The molecule has 0 spiro atoms. The first-order valence-corrected chi connectivity index (χ1v) is 7.05. The summed E-state index contributed by atoms with van der Waals surface area (Å²) in [5.74, 6) is -2.65. The van der Waals surface area contributed by atoms with Crippen LogP contribution in [0.1, 0.15) is 5.69 Å². The zero-order valence-electron chi connectivity index (χ0n) is 10.4. The highest BCUT2D eigenvalue weighted by Crippen LogP contribution is 2.39. The standard InChI is InChI=1S/C11H3Br2F7N2O/c12-4-1-3(23-11(18,19)20)2-5(14)6(4)9-21-7(8(13)22-9)10(15,16)17/h1-2H,(H,21,22). The van der Waals surface area contributed by atoms with Crippen molar-refractivity contribution in [2.24, 2.45) is 0 Å². The van der Waals surface area contributed by atoms with Crippen molar-refractivity contribution in [2.45, 2.75) is 12.5 Å². The third-order valence-corrected chi connectivity index (χ3v) is 3.63. The van der Waals surface area contributed by atoms with Crippen LogP contribution in [-0.2, 0) is 6.18 Å². The van der Waals surface area contributed by atoms with Crippen molar-refractivity contribution in [1.82, 2.24) is 9.97 Å². The third-order valence-electron chi connectivity index (χ3n) is 2.43. The Morgan fingerprint density at radius 3 is 2.09 bits per heavy atom. The van der Waals surface area contributed by atoms with Gasteiger partial charge >= 0.3 is 12.5 Å². The highest BCUT2D eigenvalue weighted by molar-refractivity contribution is 9.10. The summed E-state index contributed by atoms with van der Waals surface area (Å²) in [6.45, 7) is 0. The maximum absolute atomic E-state index is 14.0. The van der Waals surface area contributed by atoms with Crippen molar-refractivity contribution in [1.29, 1.82) is 0 Å². The number of hydrogen-bond donors (Lipinski definition) is 1. The van der Waals surface area contributed by atoms with E-state index in [-0.39, 0.29) is 4.47 Å². The average Bonchev–Trinajstić information content (AvgIpc) is 2.67. The Hall–Kier alpha value is -1.30. The predicted molar refractivity (Wildman–Crippen MR) is 71.1 cm³/mol. The number of nitrogens with zero attached hydrogens (tertiary/aromatic N) is 1. The van der Waals surface area contributed by atoms with E-state index >= 15 is 0 Å². The SMILES string of the molecule is Fc1cc(OC(F)(F)F)cc(Br)c1-c1nc(Br)c(C(F)(F)F)[nH]1. The number of halogens is 9. The smallest absolute Gasteiger partial charge is 0.406 e. The molecule has 0 unspecified atom stereocenters. The lowest BCUT2D eigenvalue weighted by Crippen LogP contribution is -2.17. The molecule has 23 heavy (non-hydrogen) atoms. The van der Waals surface area contributed by atoms with E-state index in [1.807, 2.05) is 4.98 Å². The van der Waals surface area contributed by atoms with E-state index in [0.29, 0.717) is 6.07 Å². The van der Waals surface area contributed by atoms with Gasteiger partial charge in [-0.15, -0.1) is 13.2 Å². The largest absolute Gasteiger partial charge is 0.573 e. The number of H-pyrrole nitrogens is 1. The van der Waals surface area contributed by atoms with Gasteiger partial charge in [-0.1, -0.05) is 0 Å². The molecule has 0 saturated heterocycles. The summed E-state index contributed by atoms with van der Waals surface area (Å²) in [5, 5.41) is 0. The van der Waals surface area contributed by atoms with Crippen LogP contribution in [0.25, 0.3) is 11.4 Å². The van der Waals surface area contributed by atoms with Crippen LogP contribution in [0, 0.1) is 5.82 Å². The first-order chi connectivity index (χ1) is 10.4. The van der Waals surface area contributed by atoms with E-state index in [1.54, 1.807) is 0 Å². The Balaban J connectivity index is 2.49. The predicted octanol–water partition coefficient (Wildman–Crippen LogP) is 5.66. The topological polar surface area (TPSA) is 37.9 Å². The molecule has 2 aromatic rings. The number of ether oxygens (including phenoxy) is 1. The number of alkyl halides is 6.